The molecule has 1 heterocycles. The van der Waals surface area contributed by atoms with Crippen molar-refractivity contribution in [2.24, 2.45) is 5.92 Å². The van der Waals surface area contributed by atoms with Crippen molar-refractivity contribution in [3.05, 3.63) is 35.4 Å². The Balaban J connectivity index is 2.34. The minimum Gasteiger partial charge on any atom is -0.444 e. The van der Waals surface area contributed by atoms with Gasteiger partial charge in [-0.3, -0.25) is 0 Å². The largest absolute Gasteiger partial charge is 0.444 e. The Hall–Kier alpha value is -1.47. The molecule has 2 rings (SSSR count). The molecule has 4 nitrogen and oxygen atoms in total. The Morgan fingerprint density at radius 2 is 1.86 bits per heavy atom. The summed E-state index contributed by atoms with van der Waals surface area (Å²) < 4.78 is 33.8. The van der Waals surface area contributed by atoms with Crippen LogP contribution in [-0.2, 0) is 4.74 Å². The van der Waals surface area contributed by atoms with E-state index in [1.54, 1.807) is 20.8 Å². The molecule has 1 aromatic carbocycles. The highest BCUT2D eigenvalue weighted by Gasteiger charge is 2.45. The second kappa shape index (κ2) is 7.75. The van der Waals surface area contributed by atoms with Crippen molar-refractivity contribution in [1.29, 1.82) is 0 Å². The second-order valence-corrected chi connectivity index (χ2v) is 14.5. The van der Waals surface area contributed by atoms with E-state index in [0.29, 0.717) is 19.4 Å². The lowest BCUT2D eigenvalue weighted by Gasteiger charge is -2.37. The lowest BCUT2D eigenvalue weighted by molar-refractivity contribution is 0.0216. The van der Waals surface area contributed by atoms with Gasteiger partial charge in [-0.25, -0.2) is 13.6 Å². The normalized spacial score (nSPS) is 21.1. The molecule has 0 aromatic heterocycles. The SMILES string of the molecule is CC(C)(C)OC(=O)N1C[C@H](CC(C)(C)[Si](C)(C)O)CC1c1cc(F)ccc1F. The number of ether oxygens (including phenoxy) is 1. The number of benzene rings is 1. The third-order valence-corrected chi connectivity index (χ3v) is 9.30. The van der Waals surface area contributed by atoms with Crippen LogP contribution in [0.25, 0.3) is 0 Å². The molecule has 0 spiro atoms. The monoisotopic (exact) mass is 413 g/mol. The van der Waals surface area contributed by atoms with Crippen LogP contribution in [0.5, 0.6) is 0 Å². The predicted molar refractivity (Wildman–Crippen MR) is 109 cm³/mol. The number of hydrogen-bond donors (Lipinski definition) is 1. The van der Waals surface area contributed by atoms with Gasteiger partial charge in [0.25, 0.3) is 0 Å². The van der Waals surface area contributed by atoms with Gasteiger partial charge in [0.05, 0.1) is 6.04 Å². The van der Waals surface area contributed by atoms with E-state index in [0.717, 1.165) is 18.2 Å². The standard InChI is InChI=1S/C21H33F2NO3Si/c1-20(2,3)27-19(25)24-13-14(12-21(4,5)28(6,7)26)10-18(24)16-11-15(22)8-9-17(16)23/h8-9,11,14,18,26H,10,12-13H2,1-7H3/t14-,18?/m0/s1. The molecule has 0 bridgehead atoms. The van der Waals surface area contributed by atoms with E-state index in [-0.39, 0.29) is 16.5 Å². The fourth-order valence-corrected chi connectivity index (χ4v) is 4.42. The van der Waals surface area contributed by atoms with Crippen LogP contribution in [-0.4, -0.2) is 36.3 Å². The molecule has 1 saturated heterocycles. The molecular weight excluding hydrogens is 380 g/mol. The third kappa shape index (κ3) is 5.32. The molecule has 2 atom stereocenters. The summed E-state index contributed by atoms with van der Waals surface area (Å²) in [7, 11) is -2.43. The van der Waals surface area contributed by atoms with Crippen molar-refractivity contribution in [3.63, 3.8) is 0 Å². The predicted octanol–water partition coefficient (Wildman–Crippen LogP) is 5.63. The van der Waals surface area contributed by atoms with Gasteiger partial charge in [0.15, 0.2) is 8.32 Å². The van der Waals surface area contributed by atoms with Gasteiger partial charge >= 0.3 is 6.09 Å². The molecule has 1 N–H and O–H groups in total. The smallest absolute Gasteiger partial charge is 0.410 e. The van der Waals surface area contributed by atoms with E-state index >= 15 is 0 Å². The molecule has 0 radical (unpaired) electrons. The van der Waals surface area contributed by atoms with Gasteiger partial charge in [-0.05, 0) is 75.9 Å². The van der Waals surface area contributed by atoms with Crippen LogP contribution in [0.15, 0.2) is 18.2 Å². The van der Waals surface area contributed by atoms with Crippen LogP contribution >= 0.6 is 0 Å². The molecule has 158 valence electrons. The number of likely N-dealkylation sites (tertiary alicyclic amines) is 1. The van der Waals surface area contributed by atoms with Gasteiger partial charge in [0, 0.05) is 12.1 Å². The first-order valence-electron chi connectivity index (χ1n) is 9.78. The second-order valence-electron chi connectivity index (χ2n) is 10.1. The summed E-state index contributed by atoms with van der Waals surface area (Å²) in [4.78, 5) is 24.9. The summed E-state index contributed by atoms with van der Waals surface area (Å²) in [6, 6.07) is 2.75. The third-order valence-electron chi connectivity index (χ3n) is 5.79. The van der Waals surface area contributed by atoms with Gasteiger partial charge in [0.1, 0.15) is 17.2 Å². The molecule has 1 aliphatic rings. The van der Waals surface area contributed by atoms with Crippen LogP contribution in [0.2, 0.25) is 18.1 Å². The fourth-order valence-electron chi connectivity index (χ4n) is 3.63. The highest BCUT2D eigenvalue weighted by molar-refractivity contribution is 6.72. The summed E-state index contributed by atoms with van der Waals surface area (Å²) in [5.74, 6) is -1.00. The topological polar surface area (TPSA) is 49.8 Å². The number of amides is 1. The van der Waals surface area contributed by atoms with Crippen LogP contribution in [0.3, 0.4) is 0 Å². The zero-order valence-electron chi connectivity index (χ0n) is 18.0. The van der Waals surface area contributed by atoms with E-state index in [9.17, 15) is 18.4 Å². The molecular formula is C21H33F2NO3Si. The van der Waals surface area contributed by atoms with Crippen molar-refractivity contribution < 1.29 is 23.1 Å². The lowest BCUT2D eigenvalue weighted by Crippen LogP contribution is -2.41. The van der Waals surface area contributed by atoms with Gasteiger partial charge in [0.2, 0.25) is 0 Å². The summed E-state index contributed by atoms with van der Waals surface area (Å²) >= 11 is 0. The molecule has 28 heavy (non-hydrogen) atoms. The Bertz CT molecular complexity index is 725. The average Bonchev–Trinajstić information content (AvgIpc) is 2.90. The van der Waals surface area contributed by atoms with E-state index in [2.05, 4.69) is 0 Å². The van der Waals surface area contributed by atoms with E-state index in [4.69, 9.17) is 4.74 Å². The highest BCUT2D eigenvalue weighted by atomic mass is 28.4. The summed E-state index contributed by atoms with van der Waals surface area (Å²) in [6.45, 7) is 13.6. The summed E-state index contributed by atoms with van der Waals surface area (Å²) in [6.07, 6.45) is 0.685. The maximum Gasteiger partial charge on any atom is 0.410 e. The minimum absolute atomic E-state index is 0.0640. The zero-order valence-corrected chi connectivity index (χ0v) is 19.0. The fraction of sp³-hybridized carbons (Fsp3) is 0.667. The quantitative estimate of drug-likeness (QED) is 0.651. The maximum atomic E-state index is 14.5. The number of rotatable bonds is 4. The molecule has 0 aliphatic carbocycles. The van der Waals surface area contributed by atoms with Gasteiger partial charge in [-0.15, -0.1) is 0 Å². The van der Waals surface area contributed by atoms with Crippen LogP contribution < -0.4 is 0 Å². The Morgan fingerprint density at radius 3 is 2.39 bits per heavy atom. The number of carbonyl (C=O) groups excluding carboxylic acids is 1. The molecule has 1 aliphatic heterocycles. The Labute approximate surface area is 168 Å². The average molecular weight is 414 g/mol. The molecule has 0 saturated carbocycles. The van der Waals surface area contributed by atoms with E-state index in [1.807, 2.05) is 26.9 Å². The molecule has 1 amide bonds. The number of carbonyl (C=O) groups is 1. The van der Waals surface area contributed by atoms with Crippen molar-refractivity contribution in [3.8, 4) is 0 Å². The van der Waals surface area contributed by atoms with Crippen LogP contribution in [0.4, 0.5) is 13.6 Å². The van der Waals surface area contributed by atoms with E-state index in [1.165, 1.54) is 4.90 Å². The highest BCUT2D eigenvalue weighted by Crippen LogP contribution is 2.47. The van der Waals surface area contributed by atoms with Crippen molar-refractivity contribution >= 4 is 14.4 Å². The molecule has 7 heteroatoms. The van der Waals surface area contributed by atoms with E-state index < -0.39 is 37.7 Å². The van der Waals surface area contributed by atoms with Gasteiger partial charge < -0.3 is 14.4 Å². The first-order chi connectivity index (χ1) is 12.6. The molecule has 1 fully saturated rings. The Morgan fingerprint density at radius 1 is 1.25 bits per heavy atom. The zero-order chi connectivity index (χ0) is 21.5. The first kappa shape index (κ1) is 22.8. The summed E-state index contributed by atoms with van der Waals surface area (Å²) in [5, 5.41) is -0.271. The first-order valence-corrected chi connectivity index (χ1v) is 12.7. The van der Waals surface area contributed by atoms with Crippen molar-refractivity contribution in [1.82, 2.24) is 4.90 Å². The van der Waals surface area contributed by atoms with Gasteiger partial charge in [-0.2, -0.15) is 0 Å². The maximum absolute atomic E-state index is 14.5. The van der Waals surface area contributed by atoms with Crippen LogP contribution in [0, 0.1) is 17.6 Å². The molecule has 1 unspecified atom stereocenters. The molecule has 1 aromatic rings. The number of hydrogen-bond acceptors (Lipinski definition) is 3. The van der Waals surface area contributed by atoms with Gasteiger partial charge in [-0.1, -0.05) is 13.8 Å². The minimum atomic E-state index is -2.43. The van der Waals surface area contributed by atoms with Crippen molar-refractivity contribution in [2.45, 2.75) is 77.2 Å². The number of halogens is 2. The summed E-state index contributed by atoms with van der Waals surface area (Å²) in [5.41, 5.74) is -0.508. The number of nitrogens with zero attached hydrogens (tertiary/aromatic N) is 1. The van der Waals surface area contributed by atoms with Crippen LogP contribution in [0.1, 0.15) is 59.1 Å². The lowest BCUT2D eigenvalue weighted by atomic mass is 9.92. The Kier molecular flexibility index (Phi) is 6.31. The van der Waals surface area contributed by atoms with Crippen molar-refractivity contribution in [2.75, 3.05) is 6.54 Å².